The van der Waals surface area contributed by atoms with Crippen molar-refractivity contribution < 1.29 is 44.0 Å². The van der Waals surface area contributed by atoms with Gasteiger partial charge in [0.05, 0.1) is 17.4 Å². The summed E-state index contributed by atoms with van der Waals surface area (Å²) in [6.07, 6.45) is 0.460. The quantitative estimate of drug-likeness (QED) is 0.192. The number of carbonyl (C=O) groups excluding carboxylic acids is 2. The molecule has 0 aromatic rings. The van der Waals surface area contributed by atoms with Gasteiger partial charge in [-0.25, -0.2) is 19.2 Å². The van der Waals surface area contributed by atoms with E-state index in [1.807, 2.05) is 6.92 Å². The zero-order valence-corrected chi connectivity index (χ0v) is 15.5. The lowest BCUT2D eigenvalue weighted by atomic mass is 10.6. The van der Waals surface area contributed by atoms with Crippen molar-refractivity contribution in [3.8, 4) is 0 Å². The lowest BCUT2D eigenvalue weighted by molar-refractivity contribution is -0.134. The molecule has 13 heteroatoms. The average Bonchev–Trinajstić information content (AvgIpc) is 2.36. The summed E-state index contributed by atoms with van der Waals surface area (Å²) in [5.41, 5.74) is 12.1. The summed E-state index contributed by atoms with van der Waals surface area (Å²) in [6, 6.07) is 0. The fourth-order valence-electron chi connectivity index (χ4n) is 0.318. The molecule has 0 atom stereocenters. The van der Waals surface area contributed by atoms with Crippen molar-refractivity contribution in [3.05, 3.63) is 24.8 Å². The molecule has 0 aliphatic heterocycles. The molecule has 0 aliphatic carbocycles. The number of nitrogens with two attached hydrogens (primary N) is 3. The number of hydrogen-bond acceptors (Lipinski definition) is 6. The van der Waals surface area contributed by atoms with E-state index in [-0.39, 0.29) is 5.41 Å². The minimum absolute atomic E-state index is 0.248. The molecular weight excluding hydrogens is 346 g/mol. The van der Waals surface area contributed by atoms with Crippen LogP contribution in [0.25, 0.3) is 0 Å². The van der Waals surface area contributed by atoms with E-state index in [0.717, 1.165) is 6.08 Å². The molecule has 9 N–H and O–H groups in total. The Hall–Kier alpha value is -3.35. The minimum Gasteiger partial charge on any atom is -0.466 e. The highest BCUT2D eigenvalue weighted by Gasteiger charge is 1.81. The number of carboxylic acid groups (broad SMARTS) is 3. The summed E-state index contributed by atoms with van der Waals surface area (Å²) in [6.45, 7) is 5.00. The largest absolute Gasteiger partial charge is 0.466 e. The van der Waals surface area contributed by atoms with E-state index in [2.05, 4.69) is 28.5 Å². The van der Waals surface area contributed by atoms with Gasteiger partial charge in [-0.05, 0) is 13.0 Å². The van der Waals surface area contributed by atoms with Crippen LogP contribution in [0, 0.1) is 0 Å². The average molecular weight is 369 g/mol. The molecule has 0 aromatic carbocycles. The summed E-state index contributed by atoms with van der Waals surface area (Å²) in [5.74, 6) is -0.394. The lowest BCUT2D eigenvalue weighted by Crippen LogP contribution is -2.03. The molecule has 0 saturated heterocycles. The molecule has 0 aromatic heterocycles. The first-order chi connectivity index (χ1) is 10.8. The Balaban J connectivity index is -0.0000000637. The monoisotopic (exact) mass is 369 g/mol. The van der Waals surface area contributed by atoms with E-state index >= 15 is 0 Å². The van der Waals surface area contributed by atoms with Gasteiger partial charge in [-0.3, -0.25) is 0 Å². The van der Waals surface area contributed by atoms with Gasteiger partial charge in [-0.2, -0.15) is 0 Å². The molecule has 0 rings (SSSR count). The molecule has 0 aliphatic rings. The number of esters is 1. The zero-order chi connectivity index (χ0) is 20.7. The number of rotatable bonds is 2. The molecule has 0 spiro atoms. The Bertz CT molecular complexity index is 384. The van der Waals surface area contributed by atoms with E-state index in [1.54, 1.807) is 12.2 Å². The SMILES string of the molecule is C=CC(=O)OC.CC=CC(=O)[SiH3].NC(=O)O.NC(=O)O.NC(=O)O. The summed E-state index contributed by atoms with van der Waals surface area (Å²) in [4.78, 5) is 46.2. The highest BCUT2D eigenvalue weighted by atomic mass is 28.1. The van der Waals surface area contributed by atoms with Gasteiger partial charge in [-0.1, -0.05) is 12.7 Å². The molecule has 0 bridgehead atoms. The number of hydrogen-bond donors (Lipinski definition) is 6. The van der Waals surface area contributed by atoms with Gasteiger partial charge in [0.25, 0.3) is 0 Å². The Morgan fingerprint density at radius 3 is 1.21 bits per heavy atom. The fourth-order valence-corrected chi connectivity index (χ4v) is 0.651. The molecule has 0 heterocycles. The first kappa shape index (κ1) is 32.6. The third kappa shape index (κ3) is 437. The number of carbonyl (C=O) groups is 5. The molecule has 24 heavy (non-hydrogen) atoms. The lowest BCUT2D eigenvalue weighted by Gasteiger charge is -1.83. The van der Waals surface area contributed by atoms with Gasteiger partial charge >= 0.3 is 24.2 Å². The van der Waals surface area contributed by atoms with Gasteiger partial charge in [0.1, 0.15) is 5.41 Å². The van der Waals surface area contributed by atoms with Crippen LogP contribution in [0.1, 0.15) is 6.92 Å². The van der Waals surface area contributed by atoms with Crippen LogP contribution in [-0.4, -0.2) is 62.3 Å². The second-order valence-corrected chi connectivity index (χ2v) is 3.84. The van der Waals surface area contributed by atoms with Gasteiger partial charge in [0.2, 0.25) is 0 Å². The second kappa shape index (κ2) is 27.9. The number of allylic oxidation sites excluding steroid dienone is 2. The molecule has 0 saturated carbocycles. The van der Waals surface area contributed by atoms with Crippen molar-refractivity contribution in [2.24, 2.45) is 17.2 Å². The minimum atomic E-state index is -1.33. The van der Waals surface area contributed by atoms with Crippen LogP contribution in [0.4, 0.5) is 14.4 Å². The molecule has 0 radical (unpaired) electrons. The van der Waals surface area contributed by atoms with E-state index in [1.165, 1.54) is 7.11 Å². The molecule has 3 amide bonds. The Morgan fingerprint density at radius 2 is 1.21 bits per heavy atom. The Morgan fingerprint density at radius 1 is 0.958 bits per heavy atom. The summed E-state index contributed by atoms with van der Waals surface area (Å²) in [5, 5.41) is 21.8. The van der Waals surface area contributed by atoms with Crippen molar-refractivity contribution in [1.82, 2.24) is 0 Å². The van der Waals surface area contributed by atoms with E-state index < -0.39 is 24.2 Å². The number of amides is 3. The van der Waals surface area contributed by atoms with Crippen LogP contribution in [0.15, 0.2) is 24.8 Å². The fraction of sp³-hybridized carbons (Fsp3) is 0.182. The first-order valence-electron chi connectivity index (χ1n) is 5.57. The van der Waals surface area contributed by atoms with E-state index in [9.17, 15) is 9.59 Å². The van der Waals surface area contributed by atoms with Crippen LogP contribution < -0.4 is 17.2 Å². The normalized spacial score (nSPS) is 7.25. The number of primary amides is 3. The molecular formula is C11H23N3O9Si. The molecule has 0 fully saturated rings. The number of ether oxygens (including phenoxy) is 1. The maximum Gasteiger partial charge on any atom is 0.402 e. The highest BCUT2D eigenvalue weighted by Crippen LogP contribution is 1.67. The van der Waals surface area contributed by atoms with Crippen molar-refractivity contribution in [3.63, 3.8) is 0 Å². The van der Waals surface area contributed by atoms with Crippen molar-refractivity contribution in [2.75, 3.05) is 7.11 Å². The maximum absolute atomic E-state index is 10.0. The van der Waals surface area contributed by atoms with Crippen molar-refractivity contribution >= 4 is 39.9 Å². The zero-order valence-electron chi connectivity index (χ0n) is 13.5. The third-order valence-corrected chi connectivity index (χ3v) is 1.10. The van der Waals surface area contributed by atoms with E-state index in [4.69, 9.17) is 29.7 Å². The third-order valence-electron chi connectivity index (χ3n) is 0.769. The van der Waals surface area contributed by atoms with Crippen LogP contribution in [0.5, 0.6) is 0 Å². The smallest absolute Gasteiger partial charge is 0.402 e. The van der Waals surface area contributed by atoms with Crippen molar-refractivity contribution in [2.45, 2.75) is 6.92 Å². The van der Waals surface area contributed by atoms with Crippen LogP contribution in [0.2, 0.25) is 0 Å². The molecule has 0 unspecified atom stereocenters. The number of methoxy groups -OCH3 is 1. The Labute approximate surface area is 141 Å². The van der Waals surface area contributed by atoms with Crippen molar-refractivity contribution in [1.29, 1.82) is 0 Å². The van der Waals surface area contributed by atoms with E-state index in [0.29, 0.717) is 10.2 Å². The predicted octanol–water partition coefficient (Wildman–Crippen LogP) is -1.33. The topological polar surface area (TPSA) is 233 Å². The first-order valence-corrected chi connectivity index (χ1v) is 6.57. The van der Waals surface area contributed by atoms with Gasteiger partial charge in [0, 0.05) is 6.08 Å². The van der Waals surface area contributed by atoms with Crippen LogP contribution in [-0.2, 0) is 14.3 Å². The van der Waals surface area contributed by atoms with Gasteiger partial charge < -0.3 is 42.1 Å². The van der Waals surface area contributed by atoms with Gasteiger partial charge in [0.15, 0.2) is 0 Å². The Kier molecular flexibility index (Phi) is 37.8. The standard InChI is InChI=1S/C4H6O2.C4H8OSi.3CH3NO2/c1-3-4(5)6-2;1-2-3-4(5)6;3*2-1(3)4/h3H,1H2,2H3;2-3H,1,6H3;3*2H2,(H,3,4). The summed E-state index contributed by atoms with van der Waals surface area (Å²) >= 11 is 0. The summed E-state index contributed by atoms with van der Waals surface area (Å²) in [7, 11) is 1.96. The second-order valence-electron chi connectivity index (χ2n) is 2.85. The molecule has 140 valence electrons. The van der Waals surface area contributed by atoms with Crippen LogP contribution >= 0.6 is 0 Å². The van der Waals surface area contributed by atoms with Gasteiger partial charge in [-0.15, -0.1) is 0 Å². The van der Waals surface area contributed by atoms with Crippen LogP contribution in [0.3, 0.4) is 0 Å². The highest BCUT2D eigenvalue weighted by molar-refractivity contribution is 6.60. The summed E-state index contributed by atoms with van der Waals surface area (Å²) < 4.78 is 4.14. The molecule has 12 nitrogen and oxygen atoms in total. The maximum atomic E-state index is 10.0. The predicted molar refractivity (Wildman–Crippen MR) is 88.6 cm³/mol.